The van der Waals surface area contributed by atoms with Gasteiger partial charge in [0.05, 0.1) is 26.4 Å². The summed E-state index contributed by atoms with van der Waals surface area (Å²) in [6.45, 7) is 8.99. The predicted octanol–water partition coefficient (Wildman–Crippen LogP) is 2.19. The molecule has 0 bridgehead atoms. The molecule has 0 atom stereocenters. The second-order valence-corrected chi connectivity index (χ2v) is 6.76. The molecule has 1 heterocycles. The molecule has 1 saturated heterocycles. The van der Waals surface area contributed by atoms with Crippen LogP contribution in [0.2, 0.25) is 0 Å². The van der Waals surface area contributed by atoms with E-state index in [-0.39, 0.29) is 24.5 Å². The minimum atomic E-state index is -0.220. The largest absolute Gasteiger partial charge is 0.493 e. The zero-order valence-corrected chi connectivity index (χ0v) is 16.7. The first kappa shape index (κ1) is 21.0. The molecule has 1 amide bonds. The van der Waals surface area contributed by atoms with Gasteiger partial charge in [0, 0.05) is 31.7 Å². The van der Waals surface area contributed by atoms with Crippen LogP contribution in [-0.4, -0.2) is 74.2 Å². The van der Waals surface area contributed by atoms with Gasteiger partial charge in [0.25, 0.3) is 5.91 Å². The summed E-state index contributed by atoms with van der Waals surface area (Å²) in [5.74, 6) is 0.916. The molecule has 1 aromatic carbocycles. The zero-order valence-electron chi connectivity index (χ0n) is 16.7. The van der Waals surface area contributed by atoms with Gasteiger partial charge in [-0.25, -0.2) is 0 Å². The van der Waals surface area contributed by atoms with Gasteiger partial charge in [0.15, 0.2) is 11.5 Å². The molecule has 0 N–H and O–H groups in total. The number of hydrogen-bond donors (Lipinski definition) is 0. The molecule has 0 saturated carbocycles. The number of carbonyl (C=O) groups excluding carboxylic acids is 2. The Morgan fingerprint density at radius 2 is 1.89 bits per heavy atom. The molecule has 0 spiro atoms. The van der Waals surface area contributed by atoms with E-state index in [1.165, 1.54) is 0 Å². The first-order valence-electron chi connectivity index (χ1n) is 9.46. The van der Waals surface area contributed by atoms with Crippen LogP contribution in [0.4, 0.5) is 0 Å². The molecule has 1 aromatic rings. The highest BCUT2D eigenvalue weighted by Crippen LogP contribution is 2.29. The molecule has 150 valence electrons. The van der Waals surface area contributed by atoms with E-state index in [0.29, 0.717) is 43.3 Å². The first-order valence-corrected chi connectivity index (χ1v) is 9.46. The molecule has 0 aromatic heterocycles. The Morgan fingerprint density at radius 3 is 2.56 bits per heavy atom. The monoisotopic (exact) mass is 378 g/mol. The SMILES string of the molecule is CCOC(=O)CN1CCCN(C(=O)c2ccc(OC(C)C)c(OC)c2)CC1. The van der Waals surface area contributed by atoms with Gasteiger partial charge in [-0.3, -0.25) is 14.5 Å². The van der Waals surface area contributed by atoms with Crippen LogP contribution in [0.5, 0.6) is 11.5 Å². The number of hydrogen-bond acceptors (Lipinski definition) is 6. The highest BCUT2D eigenvalue weighted by molar-refractivity contribution is 5.95. The van der Waals surface area contributed by atoms with E-state index in [1.807, 2.05) is 23.6 Å². The molecule has 0 radical (unpaired) electrons. The normalized spacial score (nSPS) is 15.4. The molecule has 7 heteroatoms. The van der Waals surface area contributed by atoms with E-state index in [1.54, 1.807) is 32.2 Å². The molecule has 1 aliphatic heterocycles. The summed E-state index contributed by atoms with van der Waals surface area (Å²) >= 11 is 0. The molecule has 7 nitrogen and oxygen atoms in total. The third kappa shape index (κ3) is 6.13. The number of methoxy groups -OCH3 is 1. The summed E-state index contributed by atoms with van der Waals surface area (Å²) in [4.78, 5) is 28.4. The first-order chi connectivity index (χ1) is 12.9. The van der Waals surface area contributed by atoms with E-state index < -0.39 is 0 Å². The summed E-state index contributed by atoms with van der Waals surface area (Å²) in [5.41, 5.74) is 0.571. The van der Waals surface area contributed by atoms with Crippen molar-refractivity contribution in [3.05, 3.63) is 23.8 Å². The number of benzene rings is 1. The topological polar surface area (TPSA) is 68.3 Å². The fourth-order valence-electron chi connectivity index (χ4n) is 3.06. The zero-order chi connectivity index (χ0) is 19.8. The lowest BCUT2D eigenvalue weighted by atomic mass is 10.1. The van der Waals surface area contributed by atoms with E-state index in [9.17, 15) is 9.59 Å². The van der Waals surface area contributed by atoms with Gasteiger partial charge in [-0.1, -0.05) is 0 Å². The summed E-state index contributed by atoms with van der Waals surface area (Å²) < 4.78 is 16.1. The maximum absolute atomic E-state index is 12.9. The molecular formula is C20H30N2O5. The van der Waals surface area contributed by atoms with Crippen molar-refractivity contribution in [2.24, 2.45) is 0 Å². The smallest absolute Gasteiger partial charge is 0.320 e. The maximum Gasteiger partial charge on any atom is 0.320 e. The van der Waals surface area contributed by atoms with E-state index in [4.69, 9.17) is 14.2 Å². The van der Waals surface area contributed by atoms with Gasteiger partial charge < -0.3 is 19.1 Å². The number of ether oxygens (including phenoxy) is 3. The van der Waals surface area contributed by atoms with E-state index >= 15 is 0 Å². The van der Waals surface area contributed by atoms with Gasteiger partial charge >= 0.3 is 5.97 Å². The van der Waals surface area contributed by atoms with Gasteiger partial charge in [-0.15, -0.1) is 0 Å². The maximum atomic E-state index is 12.9. The van der Waals surface area contributed by atoms with Gasteiger partial charge in [0.2, 0.25) is 0 Å². The average molecular weight is 378 g/mol. The van der Waals surface area contributed by atoms with Crippen LogP contribution in [-0.2, 0) is 9.53 Å². The lowest BCUT2D eigenvalue weighted by Crippen LogP contribution is -2.37. The highest BCUT2D eigenvalue weighted by Gasteiger charge is 2.22. The Balaban J connectivity index is 2.02. The number of nitrogens with zero attached hydrogens (tertiary/aromatic N) is 2. The Morgan fingerprint density at radius 1 is 1.11 bits per heavy atom. The van der Waals surface area contributed by atoms with Crippen molar-refractivity contribution >= 4 is 11.9 Å². The number of amides is 1. The van der Waals surface area contributed by atoms with Crippen LogP contribution in [0.3, 0.4) is 0 Å². The van der Waals surface area contributed by atoms with Gasteiger partial charge in [-0.05, 0) is 45.4 Å². The number of carbonyl (C=O) groups is 2. The molecule has 1 fully saturated rings. The minimum Gasteiger partial charge on any atom is -0.493 e. The highest BCUT2D eigenvalue weighted by atomic mass is 16.5. The van der Waals surface area contributed by atoms with Crippen LogP contribution < -0.4 is 9.47 Å². The van der Waals surface area contributed by atoms with Crippen LogP contribution in [0, 0.1) is 0 Å². The van der Waals surface area contributed by atoms with Crippen molar-refractivity contribution in [3.63, 3.8) is 0 Å². The molecule has 0 aliphatic carbocycles. The van der Waals surface area contributed by atoms with Crippen molar-refractivity contribution < 1.29 is 23.8 Å². The standard InChI is InChI=1S/C20H30N2O5/c1-5-26-19(23)14-21-9-6-10-22(12-11-21)20(24)16-7-8-17(27-15(2)3)18(13-16)25-4/h7-8,13,15H,5-6,9-12,14H2,1-4H3. The fraction of sp³-hybridized carbons (Fsp3) is 0.600. The lowest BCUT2D eigenvalue weighted by Gasteiger charge is -2.22. The lowest BCUT2D eigenvalue weighted by molar-refractivity contribution is -0.144. The van der Waals surface area contributed by atoms with Crippen LogP contribution in [0.25, 0.3) is 0 Å². The summed E-state index contributed by atoms with van der Waals surface area (Å²) in [5, 5.41) is 0. The van der Waals surface area contributed by atoms with Crippen molar-refractivity contribution in [1.29, 1.82) is 0 Å². The van der Waals surface area contributed by atoms with Crippen molar-refractivity contribution in [1.82, 2.24) is 9.80 Å². The molecular weight excluding hydrogens is 348 g/mol. The molecule has 0 unspecified atom stereocenters. The molecule has 2 rings (SSSR count). The Hall–Kier alpha value is -2.28. The summed E-state index contributed by atoms with van der Waals surface area (Å²) in [7, 11) is 1.57. The third-order valence-corrected chi connectivity index (χ3v) is 4.31. The Bertz CT molecular complexity index is 647. The van der Waals surface area contributed by atoms with Crippen LogP contribution in [0.15, 0.2) is 18.2 Å². The average Bonchev–Trinajstić information content (AvgIpc) is 2.86. The quantitative estimate of drug-likeness (QED) is 0.678. The number of rotatable bonds is 7. The van der Waals surface area contributed by atoms with Crippen LogP contribution in [0.1, 0.15) is 37.6 Å². The van der Waals surface area contributed by atoms with Crippen molar-refractivity contribution in [2.75, 3.05) is 46.4 Å². The molecule has 27 heavy (non-hydrogen) atoms. The fourth-order valence-corrected chi connectivity index (χ4v) is 3.06. The minimum absolute atomic E-state index is 0.0245. The van der Waals surface area contributed by atoms with Gasteiger partial charge in [-0.2, -0.15) is 0 Å². The third-order valence-electron chi connectivity index (χ3n) is 4.31. The van der Waals surface area contributed by atoms with E-state index in [0.717, 1.165) is 13.0 Å². The Labute approximate surface area is 161 Å². The summed E-state index contributed by atoms with van der Waals surface area (Å²) in [6, 6.07) is 5.27. The predicted molar refractivity (Wildman–Crippen MR) is 102 cm³/mol. The molecule has 1 aliphatic rings. The van der Waals surface area contributed by atoms with Crippen LogP contribution >= 0.6 is 0 Å². The summed E-state index contributed by atoms with van der Waals surface area (Å²) in [6.07, 6.45) is 0.841. The van der Waals surface area contributed by atoms with Gasteiger partial charge in [0.1, 0.15) is 0 Å². The second-order valence-electron chi connectivity index (χ2n) is 6.76. The number of esters is 1. The van der Waals surface area contributed by atoms with Crippen molar-refractivity contribution in [2.45, 2.75) is 33.3 Å². The van der Waals surface area contributed by atoms with E-state index in [2.05, 4.69) is 0 Å². The van der Waals surface area contributed by atoms with Crippen molar-refractivity contribution in [3.8, 4) is 11.5 Å². The Kier molecular flexibility index (Phi) is 7.91. The second kappa shape index (κ2) is 10.2.